The first kappa shape index (κ1) is 14.9. The number of hydrogen-bond donors (Lipinski definition) is 3. The molecule has 4 rings (SSSR count). The second-order valence-corrected chi connectivity index (χ2v) is 6.14. The van der Waals surface area contributed by atoms with E-state index >= 15 is 0 Å². The number of hydrogen-bond acceptors (Lipinski definition) is 6. The van der Waals surface area contributed by atoms with Gasteiger partial charge in [-0.1, -0.05) is 0 Å². The van der Waals surface area contributed by atoms with Gasteiger partial charge in [-0.2, -0.15) is 10.1 Å². The van der Waals surface area contributed by atoms with Crippen LogP contribution in [0.2, 0.25) is 0 Å². The number of aromatic amines is 1. The van der Waals surface area contributed by atoms with E-state index in [4.69, 9.17) is 4.98 Å². The fourth-order valence-corrected chi connectivity index (χ4v) is 3.04. The Hall–Kier alpha value is -2.67. The molecule has 3 aromatic rings. The Morgan fingerprint density at radius 3 is 3.21 bits per heavy atom. The molecule has 0 spiro atoms. The number of nitrogens with zero attached hydrogens (tertiary/aromatic N) is 4. The van der Waals surface area contributed by atoms with E-state index in [1.54, 1.807) is 0 Å². The first-order valence-electron chi connectivity index (χ1n) is 8.30. The fraction of sp³-hybridized carbons (Fsp3) is 0.353. The topological polar surface area (TPSA) is 81.8 Å². The van der Waals surface area contributed by atoms with Gasteiger partial charge in [-0.15, -0.1) is 0 Å². The SMILES string of the molecule is CC1CNCCCN1c1nccc(Nc2ccc3[nH]ncc3c2)n1. The lowest BCUT2D eigenvalue weighted by Crippen LogP contribution is -2.38. The summed E-state index contributed by atoms with van der Waals surface area (Å²) in [5.41, 5.74) is 2.01. The van der Waals surface area contributed by atoms with Crippen LogP contribution in [0.25, 0.3) is 10.9 Å². The molecule has 1 saturated heterocycles. The minimum atomic E-state index is 0.380. The summed E-state index contributed by atoms with van der Waals surface area (Å²) in [7, 11) is 0. The average Bonchev–Trinajstić information content (AvgIpc) is 2.95. The third-order valence-electron chi connectivity index (χ3n) is 4.34. The number of aromatic nitrogens is 4. The molecule has 0 bridgehead atoms. The fourth-order valence-electron chi connectivity index (χ4n) is 3.04. The molecule has 1 aliphatic rings. The van der Waals surface area contributed by atoms with Crippen LogP contribution < -0.4 is 15.5 Å². The maximum atomic E-state index is 4.70. The van der Waals surface area contributed by atoms with Gasteiger partial charge in [0.1, 0.15) is 5.82 Å². The van der Waals surface area contributed by atoms with Crippen LogP contribution in [0.4, 0.5) is 17.5 Å². The summed E-state index contributed by atoms with van der Waals surface area (Å²) in [6, 6.07) is 8.35. The van der Waals surface area contributed by atoms with Crippen LogP contribution in [-0.2, 0) is 0 Å². The third-order valence-corrected chi connectivity index (χ3v) is 4.34. The standard InChI is InChI=1S/C17H21N7/c1-12-10-18-6-2-8-24(12)17-19-7-5-16(22-17)21-14-3-4-15-13(9-14)11-20-23-15/h3-5,7,9,11-12,18H,2,6,8,10H2,1H3,(H,20,23)(H,19,21,22). The van der Waals surface area contributed by atoms with Gasteiger partial charge in [-0.05, 0) is 44.2 Å². The molecule has 0 aliphatic carbocycles. The van der Waals surface area contributed by atoms with Gasteiger partial charge in [-0.25, -0.2) is 4.98 Å². The predicted octanol–water partition coefficient (Wildman–Crippen LogP) is 2.28. The van der Waals surface area contributed by atoms with Crippen molar-refractivity contribution >= 4 is 28.4 Å². The van der Waals surface area contributed by atoms with Gasteiger partial charge >= 0.3 is 0 Å². The number of rotatable bonds is 3. The Morgan fingerprint density at radius 1 is 1.29 bits per heavy atom. The molecule has 1 atom stereocenters. The first-order chi connectivity index (χ1) is 11.8. The minimum Gasteiger partial charge on any atom is -0.340 e. The Balaban J connectivity index is 1.57. The Morgan fingerprint density at radius 2 is 2.25 bits per heavy atom. The van der Waals surface area contributed by atoms with Crippen LogP contribution in [0, 0.1) is 0 Å². The van der Waals surface area contributed by atoms with E-state index in [0.29, 0.717) is 6.04 Å². The van der Waals surface area contributed by atoms with Crippen molar-refractivity contribution < 1.29 is 0 Å². The second-order valence-electron chi connectivity index (χ2n) is 6.14. The molecule has 1 aliphatic heterocycles. The normalized spacial score (nSPS) is 18.5. The third kappa shape index (κ3) is 3.03. The zero-order valence-electron chi connectivity index (χ0n) is 13.7. The van der Waals surface area contributed by atoms with E-state index in [2.05, 4.69) is 43.7 Å². The molecule has 1 aromatic carbocycles. The molecule has 3 heterocycles. The molecule has 1 unspecified atom stereocenters. The van der Waals surface area contributed by atoms with E-state index in [9.17, 15) is 0 Å². The molecule has 3 N–H and O–H groups in total. The summed E-state index contributed by atoms with van der Waals surface area (Å²) in [4.78, 5) is 11.4. The van der Waals surface area contributed by atoms with Gasteiger partial charge in [0.15, 0.2) is 0 Å². The molecule has 7 heteroatoms. The van der Waals surface area contributed by atoms with Crippen molar-refractivity contribution in [2.75, 3.05) is 29.9 Å². The Labute approximate surface area is 140 Å². The lowest BCUT2D eigenvalue weighted by Gasteiger charge is -2.26. The van der Waals surface area contributed by atoms with E-state index in [1.807, 2.05) is 30.6 Å². The van der Waals surface area contributed by atoms with Crippen molar-refractivity contribution in [1.29, 1.82) is 0 Å². The molecule has 2 aromatic heterocycles. The highest BCUT2D eigenvalue weighted by Crippen LogP contribution is 2.21. The number of H-pyrrole nitrogens is 1. The van der Waals surface area contributed by atoms with Crippen molar-refractivity contribution in [3.05, 3.63) is 36.7 Å². The first-order valence-corrected chi connectivity index (χ1v) is 8.30. The number of nitrogens with one attached hydrogen (secondary N) is 3. The largest absolute Gasteiger partial charge is 0.340 e. The van der Waals surface area contributed by atoms with Gasteiger partial charge in [0.05, 0.1) is 11.7 Å². The number of fused-ring (bicyclic) bond motifs is 1. The van der Waals surface area contributed by atoms with Crippen molar-refractivity contribution in [1.82, 2.24) is 25.5 Å². The maximum Gasteiger partial charge on any atom is 0.227 e. The number of benzene rings is 1. The van der Waals surface area contributed by atoms with E-state index in [-0.39, 0.29) is 0 Å². The summed E-state index contributed by atoms with van der Waals surface area (Å²) in [6.45, 7) is 5.18. The molecule has 24 heavy (non-hydrogen) atoms. The quantitative estimate of drug-likeness (QED) is 0.686. The van der Waals surface area contributed by atoms with Gasteiger partial charge in [0.2, 0.25) is 5.95 Å². The molecule has 0 amide bonds. The highest BCUT2D eigenvalue weighted by molar-refractivity contribution is 5.82. The van der Waals surface area contributed by atoms with E-state index in [0.717, 1.165) is 54.4 Å². The zero-order chi connectivity index (χ0) is 16.4. The van der Waals surface area contributed by atoms with E-state index in [1.165, 1.54) is 0 Å². The lowest BCUT2D eigenvalue weighted by molar-refractivity contribution is 0.620. The van der Waals surface area contributed by atoms with Crippen LogP contribution in [0.15, 0.2) is 36.7 Å². The molecule has 0 saturated carbocycles. The summed E-state index contributed by atoms with van der Waals surface area (Å²) < 4.78 is 0. The lowest BCUT2D eigenvalue weighted by atomic mass is 10.2. The zero-order valence-corrected chi connectivity index (χ0v) is 13.7. The summed E-state index contributed by atoms with van der Waals surface area (Å²) in [6.07, 6.45) is 4.73. The highest BCUT2D eigenvalue weighted by Gasteiger charge is 2.19. The summed E-state index contributed by atoms with van der Waals surface area (Å²) >= 11 is 0. The molecule has 7 nitrogen and oxygen atoms in total. The van der Waals surface area contributed by atoms with E-state index < -0.39 is 0 Å². The van der Waals surface area contributed by atoms with Gasteiger partial charge < -0.3 is 15.5 Å². The maximum absolute atomic E-state index is 4.70. The Kier molecular flexibility index (Phi) is 4.00. The van der Waals surface area contributed by atoms with Crippen LogP contribution in [0.1, 0.15) is 13.3 Å². The molecular formula is C17H21N7. The monoisotopic (exact) mass is 323 g/mol. The smallest absolute Gasteiger partial charge is 0.227 e. The van der Waals surface area contributed by atoms with Crippen molar-refractivity contribution in [2.24, 2.45) is 0 Å². The summed E-state index contributed by atoms with van der Waals surface area (Å²) in [5, 5.41) is 14.9. The van der Waals surface area contributed by atoms with Crippen LogP contribution in [0.3, 0.4) is 0 Å². The minimum absolute atomic E-state index is 0.380. The van der Waals surface area contributed by atoms with Crippen molar-refractivity contribution in [3.8, 4) is 0 Å². The van der Waals surface area contributed by atoms with Gasteiger partial charge in [-0.3, -0.25) is 5.10 Å². The van der Waals surface area contributed by atoms with Crippen molar-refractivity contribution in [2.45, 2.75) is 19.4 Å². The predicted molar refractivity (Wildman–Crippen MR) is 95.7 cm³/mol. The molecular weight excluding hydrogens is 302 g/mol. The van der Waals surface area contributed by atoms with Gasteiger partial charge in [0, 0.05) is 36.4 Å². The second kappa shape index (κ2) is 6.45. The van der Waals surface area contributed by atoms with Crippen molar-refractivity contribution in [3.63, 3.8) is 0 Å². The van der Waals surface area contributed by atoms with Crippen LogP contribution in [-0.4, -0.2) is 45.8 Å². The molecule has 124 valence electrons. The average molecular weight is 323 g/mol. The summed E-state index contributed by atoms with van der Waals surface area (Å²) in [5.74, 6) is 1.58. The highest BCUT2D eigenvalue weighted by atomic mass is 15.3. The van der Waals surface area contributed by atoms with Crippen LogP contribution in [0.5, 0.6) is 0 Å². The molecule has 0 radical (unpaired) electrons. The Bertz CT molecular complexity index is 828. The van der Waals surface area contributed by atoms with Gasteiger partial charge in [0.25, 0.3) is 0 Å². The number of anilines is 3. The molecule has 1 fully saturated rings. The van der Waals surface area contributed by atoms with Crippen LogP contribution >= 0.6 is 0 Å².